The molecule has 2 rings (SSSR count). The van der Waals surface area contributed by atoms with Crippen molar-refractivity contribution in [1.29, 1.82) is 0 Å². The Morgan fingerprint density at radius 2 is 2.10 bits per heavy atom. The van der Waals surface area contributed by atoms with Crippen molar-refractivity contribution in [3.05, 3.63) is 36.5 Å². The number of rotatable bonds is 0. The van der Waals surface area contributed by atoms with Crippen LogP contribution in [0.3, 0.4) is 0 Å². The Morgan fingerprint density at radius 3 is 3.00 bits per heavy atom. The molecule has 0 aliphatic heterocycles. The van der Waals surface area contributed by atoms with Gasteiger partial charge in [0.15, 0.2) is 0 Å². The second-order valence-electron chi connectivity index (χ2n) is 1.92. The number of hydrogen-bond donors (Lipinski definition) is 0. The van der Waals surface area contributed by atoms with Crippen LogP contribution < -0.4 is 0 Å². The van der Waals surface area contributed by atoms with Gasteiger partial charge < -0.3 is 0 Å². The first-order valence-corrected chi connectivity index (χ1v) is 2.96. The van der Waals surface area contributed by atoms with Crippen molar-refractivity contribution >= 4 is 10.9 Å². The van der Waals surface area contributed by atoms with E-state index in [1.165, 1.54) is 0 Å². The molecule has 1 aromatic carbocycles. The van der Waals surface area contributed by atoms with Gasteiger partial charge in [0.05, 0.1) is 6.20 Å². The third kappa shape index (κ3) is 0.739. The van der Waals surface area contributed by atoms with Crippen molar-refractivity contribution in [2.45, 2.75) is 0 Å². The first kappa shape index (κ1) is 5.35. The maximum atomic E-state index is 3.84. The minimum Gasteiger partial charge on any atom is -0.158 e. The summed E-state index contributed by atoms with van der Waals surface area (Å²) in [7, 11) is 0. The summed E-state index contributed by atoms with van der Waals surface area (Å²) in [6.07, 6.45) is 1.65. The molecule has 0 amide bonds. The normalized spacial score (nSPS) is 10.0. The zero-order valence-corrected chi connectivity index (χ0v) is 5.20. The van der Waals surface area contributed by atoms with Crippen LogP contribution in [0.25, 0.3) is 10.9 Å². The van der Waals surface area contributed by atoms with Crippen molar-refractivity contribution < 1.29 is 0 Å². The van der Waals surface area contributed by atoms with E-state index in [1.807, 2.05) is 12.1 Å². The first-order chi connectivity index (χ1) is 4.97. The smallest absolute Gasteiger partial charge is 0.101 e. The fourth-order valence-electron chi connectivity index (χ4n) is 0.807. The number of nitrogens with zero attached hydrogens (tertiary/aromatic N) is 2. The largest absolute Gasteiger partial charge is 0.158 e. The van der Waals surface area contributed by atoms with Gasteiger partial charge in [-0.05, 0) is 12.1 Å². The van der Waals surface area contributed by atoms with Crippen molar-refractivity contribution in [3.63, 3.8) is 0 Å². The molecule has 0 aliphatic carbocycles. The molecule has 2 nitrogen and oxygen atoms in total. The minimum absolute atomic E-state index is 0.769. The molecule has 0 fully saturated rings. The lowest BCUT2D eigenvalue weighted by Gasteiger charge is -1.89. The van der Waals surface area contributed by atoms with Crippen molar-refractivity contribution in [2.75, 3.05) is 0 Å². The molecule has 46 valence electrons. The predicted octanol–water partition coefficient (Wildman–Crippen LogP) is 1.23. The van der Waals surface area contributed by atoms with Crippen LogP contribution >= 0.6 is 0 Å². The summed E-state index contributed by atoms with van der Waals surface area (Å²) in [5.74, 6) is 0. The fraction of sp³-hybridized carbons (Fsp3) is 0. The summed E-state index contributed by atoms with van der Waals surface area (Å²) in [5, 5.41) is 8.51. The van der Waals surface area contributed by atoms with Gasteiger partial charge in [-0.25, -0.2) is 0 Å². The van der Waals surface area contributed by atoms with E-state index in [-0.39, 0.29) is 0 Å². The van der Waals surface area contributed by atoms with Crippen LogP contribution in [0.5, 0.6) is 0 Å². The number of fused-ring (bicyclic) bond motifs is 1. The van der Waals surface area contributed by atoms with E-state index in [0.717, 1.165) is 10.9 Å². The molecule has 0 spiro atoms. The molecule has 10 heavy (non-hydrogen) atoms. The summed E-state index contributed by atoms with van der Waals surface area (Å²) in [6.45, 7) is 0. The molecule has 1 aromatic heterocycles. The Bertz CT molecular complexity index is 278. The predicted molar refractivity (Wildman–Crippen MR) is 37.2 cm³/mol. The number of hydrogen-bond acceptors (Lipinski definition) is 2. The van der Waals surface area contributed by atoms with Gasteiger partial charge in [0.25, 0.3) is 0 Å². The molecule has 0 aliphatic rings. The zero-order chi connectivity index (χ0) is 6.81. The van der Waals surface area contributed by atoms with E-state index in [2.05, 4.69) is 22.3 Å². The van der Waals surface area contributed by atoms with E-state index < -0.39 is 0 Å². The molecule has 1 heterocycles. The average Bonchev–Trinajstić information content (AvgIpc) is 2.05. The molecular formula is C8H4N2. The molecule has 0 N–H and O–H groups in total. The molecule has 0 saturated carbocycles. The Kier molecular flexibility index (Phi) is 1.10. The van der Waals surface area contributed by atoms with Crippen LogP contribution in [0, 0.1) is 12.1 Å². The fourth-order valence-corrected chi connectivity index (χ4v) is 0.807. The summed E-state index contributed by atoms with van der Waals surface area (Å²) < 4.78 is 0. The lowest BCUT2D eigenvalue weighted by molar-refractivity contribution is 1.07. The quantitative estimate of drug-likeness (QED) is 0.533. The van der Waals surface area contributed by atoms with Gasteiger partial charge in [-0.1, -0.05) is 12.1 Å². The van der Waals surface area contributed by atoms with Gasteiger partial charge in [0.1, 0.15) is 5.52 Å². The second-order valence-corrected chi connectivity index (χ2v) is 1.92. The van der Waals surface area contributed by atoms with E-state index >= 15 is 0 Å². The van der Waals surface area contributed by atoms with E-state index in [9.17, 15) is 0 Å². The monoisotopic (exact) mass is 128 g/mol. The van der Waals surface area contributed by atoms with Crippen LogP contribution in [0.2, 0.25) is 0 Å². The Morgan fingerprint density at radius 1 is 1.20 bits per heavy atom. The highest BCUT2D eigenvalue weighted by Gasteiger charge is 1.89. The van der Waals surface area contributed by atoms with Gasteiger partial charge in [0.2, 0.25) is 0 Å². The van der Waals surface area contributed by atoms with Crippen LogP contribution in [0.15, 0.2) is 24.4 Å². The Labute approximate surface area is 58.5 Å². The summed E-state index contributed by atoms with van der Waals surface area (Å²) in [4.78, 5) is 0. The molecular weight excluding hydrogens is 124 g/mol. The van der Waals surface area contributed by atoms with Crippen LogP contribution in [0.4, 0.5) is 0 Å². The molecule has 0 unspecified atom stereocenters. The van der Waals surface area contributed by atoms with Gasteiger partial charge in [-0.3, -0.25) is 0 Å². The van der Waals surface area contributed by atoms with Gasteiger partial charge in [-0.2, -0.15) is 5.10 Å². The maximum Gasteiger partial charge on any atom is 0.101 e. The highest BCUT2D eigenvalue weighted by Crippen LogP contribution is 2.05. The molecule has 0 atom stereocenters. The Hall–Kier alpha value is -1.44. The molecule has 2 radical (unpaired) electrons. The first-order valence-electron chi connectivity index (χ1n) is 2.96. The molecule has 2 aromatic rings. The molecule has 2 heteroatoms. The topological polar surface area (TPSA) is 25.8 Å². The number of benzene rings is 1. The average molecular weight is 128 g/mol. The van der Waals surface area contributed by atoms with Gasteiger partial charge >= 0.3 is 0 Å². The summed E-state index contributed by atoms with van der Waals surface area (Å²) in [6, 6.07) is 11.4. The highest BCUT2D eigenvalue weighted by molar-refractivity contribution is 5.75. The van der Waals surface area contributed by atoms with Crippen LogP contribution in [-0.2, 0) is 0 Å². The maximum absolute atomic E-state index is 3.84. The third-order valence-corrected chi connectivity index (χ3v) is 1.26. The van der Waals surface area contributed by atoms with Crippen LogP contribution in [-0.4, -0.2) is 10.2 Å². The SMILES string of the molecule is [c]1cc[c]c2nnccc12. The van der Waals surface area contributed by atoms with E-state index in [4.69, 9.17) is 0 Å². The lowest BCUT2D eigenvalue weighted by atomic mass is 10.2. The molecule has 0 bridgehead atoms. The van der Waals surface area contributed by atoms with E-state index in [0.29, 0.717) is 0 Å². The standard InChI is InChI=1S/C8H4N2/c1-2-4-8-7(3-1)5-6-9-10-8/h1-2,5-6H. The molecule has 0 saturated heterocycles. The Balaban J connectivity index is 2.89. The zero-order valence-electron chi connectivity index (χ0n) is 5.20. The third-order valence-electron chi connectivity index (χ3n) is 1.26. The summed E-state index contributed by atoms with van der Waals surface area (Å²) in [5.41, 5.74) is 0.769. The lowest BCUT2D eigenvalue weighted by Crippen LogP contribution is -1.80. The van der Waals surface area contributed by atoms with Crippen molar-refractivity contribution in [1.82, 2.24) is 10.2 Å². The van der Waals surface area contributed by atoms with Gasteiger partial charge in [0, 0.05) is 11.5 Å². The number of aromatic nitrogens is 2. The van der Waals surface area contributed by atoms with Gasteiger partial charge in [-0.15, -0.1) is 5.10 Å². The highest BCUT2D eigenvalue weighted by atomic mass is 15.1. The van der Waals surface area contributed by atoms with Crippen molar-refractivity contribution in [3.8, 4) is 0 Å². The summed E-state index contributed by atoms with van der Waals surface area (Å²) >= 11 is 0. The van der Waals surface area contributed by atoms with Crippen molar-refractivity contribution in [2.24, 2.45) is 0 Å². The second kappa shape index (κ2) is 2.06. The van der Waals surface area contributed by atoms with E-state index in [1.54, 1.807) is 12.3 Å². The minimum atomic E-state index is 0.769. The van der Waals surface area contributed by atoms with Crippen LogP contribution in [0.1, 0.15) is 0 Å².